The van der Waals surface area contributed by atoms with Crippen LogP contribution in [-0.2, 0) is 37.9 Å². The Kier molecular flexibility index (Phi) is 4.92. The number of benzene rings is 1. The molecule has 0 unspecified atom stereocenters. The van der Waals surface area contributed by atoms with Gasteiger partial charge in [-0.1, -0.05) is 30.3 Å². The first kappa shape index (κ1) is 18.0. The summed E-state index contributed by atoms with van der Waals surface area (Å²) >= 11 is 0. The number of nitrogens with zero attached hydrogens (tertiary/aromatic N) is 5. The number of hydrogen-bond acceptors (Lipinski definition) is 5. The van der Waals surface area contributed by atoms with E-state index in [2.05, 4.69) is 9.97 Å². The molecule has 8 heteroatoms. The molecule has 0 spiro atoms. The van der Waals surface area contributed by atoms with Gasteiger partial charge in [0.05, 0.1) is 48.9 Å². The predicted octanol–water partition coefficient (Wildman–Crippen LogP) is 1.72. The van der Waals surface area contributed by atoms with Crippen LogP contribution >= 0.6 is 0 Å². The Bertz CT molecular complexity index is 1040. The molecule has 8 nitrogen and oxygen atoms in total. The van der Waals surface area contributed by atoms with Crippen LogP contribution in [-0.4, -0.2) is 36.6 Å². The van der Waals surface area contributed by atoms with Crippen LogP contribution in [0.3, 0.4) is 0 Å². The molecule has 0 radical (unpaired) electrons. The highest BCUT2D eigenvalue weighted by Crippen LogP contribution is 2.15. The second-order valence-corrected chi connectivity index (χ2v) is 6.81. The molecular weight excluding hydrogens is 358 g/mol. The van der Waals surface area contributed by atoms with E-state index in [-0.39, 0.29) is 18.7 Å². The monoisotopic (exact) mass is 379 g/mol. The maximum atomic E-state index is 12.9. The van der Waals surface area contributed by atoms with E-state index in [0.29, 0.717) is 25.1 Å². The standard InChI is InChI=1S/C20H21N5O3/c1-23-13-21-9-16(23)12-28-20(27)24-8-7-18-17(11-24)19(26)25(14-22-18)10-15-5-3-2-4-6-15/h2-6,9,13-14H,7-8,10-12H2,1H3. The molecule has 1 aliphatic rings. The molecule has 1 aliphatic heterocycles. The molecule has 144 valence electrons. The van der Waals surface area contributed by atoms with Crippen LogP contribution in [0.15, 0.2) is 54.0 Å². The molecule has 0 bridgehead atoms. The van der Waals surface area contributed by atoms with Gasteiger partial charge >= 0.3 is 6.09 Å². The summed E-state index contributed by atoms with van der Waals surface area (Å²) in [6, 6.07) is 9.74. The highest BCUT2D eigenvalue weighted by atomic mass is 16.6. The van der Waals surface area contributed by atoms with E-state index in [4.69, 9.17) is 4.74 Å². The van der Waals surface area contributed by atoms with Crippen LogP contribution in [0.1, 0.15) is 22.5 Å². The quantitative estimate of drug-likeness (QED) is 0.689. The number of ether oxygens (including phenoxy) is 1. The van der Waals surface area contributed by atoms with Gasteiger partial charge in [0.1, 0.15) is 6.61 Å². The highest BCUT2D eigenvalue weighted by Gasteiger charge is 2.25. The van der Waals surface area contributed by atoms with Crippen LogP contribution in [0, 0.1) is 0 Å². The Morgan fingerprint density at radius 2 is 2.04 bits per heavy atom. The van der Waals surface area contributed by atoms with E-state index in [0.717, 1.165) is 17.0 Å². The van der Waals surface area contributed by atoms with Crippen molar-refractivity contribution in [2.45, 2.75) is 26.1 Å². The lowest BCUT2D eigenvalue weighted by atomic mass is 10.1. The largest absolute Gasteiger partial charge is 0.443 e. The Balaban J connectivity index is 1.47. The topological polar surface area (TPSA) is 82.2 Å². The third kappa shape index (κ3) is 3.66. The van der Waals surface area contributed by atoms with Gasteiger partial charge in [0.25, 0.3) is 5.56 Å². The molecule has 0 fully saturated rings. The van der Waals surface area contributed by atoms with Gasteiger partial charge in [0.15, 0.2) is 0 Å². The fourth-order valence-electron chi connectivity index (χ4n) is 3.25. The van der Waals surface area contributed by atoms with Crippen molar-refractivity contribution in [3.63, 3.8) is 0 Å². The molecule has 3 heterocycles. The van der Waals surface area contributed by atoms with Gasteiger partial charge in [-0.05, 0) is 5.56 Å². The smallest absolute Gasteiger partial charge is 0.410 e. The number of hydrogen-bond donors (Lipinski definition) is 0. The lowest BCUT2D eigenvalue weighted by Gasteiger charge is -2.27. The summed E-state index contributed by atoms with van der Waals surface area (Å²) in [5.74, 6) is 0. The fourth-order valence-corrected chi connectivity index (χ4v) is 3.25. The number of carbonyl (C=O) groups excluding carboxylic acids is 1. The van der Waals surface area contributed by atoms with Crippen LogP contribution < -0.4 is 5.56 Å². The molecule has 0 aliphatic carbocycles. The average molecular weight is 379 g/mol. The first-order chi connectivity index (χ1) is 13.6. The molecule has 28 heavy (non-hydrogen) atoms. The first-order valence-electron chi connectivity index (χ1n) is 9.10. The van der Waals surface area contributed by atoms with Crippen molar-refractivity contribution < 1.29 is 9.53 Å². The van der Waals surface area contributed by atoms with Crippen LogP contribution in [0.5, 0.6) is 0 Å². The lowest BCUT2D eigenvalue weighted by molar-refractivity contribution is 0.0895. The third-order valence-electron chi connectivity index (χ3n) is 4.90. The molecule has 0 N–H and O–H groups in total. The minimum absolute atomic E-state index is 0.113. The Morgan fingerprint density at radius 1 is 1.21 bits per heavy atom. The van der Waals surface area contributed by atoms with Gasteiger partial charge in [-0.25, -0.2) is 14.8 Å². The Morgan fingerprint density at radius 3 is 2.79 bits per heavy atom. The summed E-state index contributed by atoms with van der Waals surface area (Å²) in [4.78, 5) is 35.3. The van der Waals surface area contributed by atoms with Crippen LogP contribution in [0.4, 0.5) is 4.79 Å². The van der Waals surface area contributed by atoms with E-state index in [9.17, 15) is 9.59 Å². The van der Waals surface area contributed by atoms with E-state index in [1.807, 2.05) is 37.4 Å². The molecule has 1 amide bonds. The molecule has 1 aromatic carbocycles. The van der Waals surface area contributed by atoms with Gasteiger partial charge in [-0.3, -0.25) is 9.36 Å². The minimum Gasteiger partial charge on any atom is -0.443 e. The van der Waals surface area contributed by atoms with Gasteiger partial charge in [-0.2, -0.15) is 0 Å². The van der Waals surface area contributed by atoms with E-state index >= 15 is 0 Å². The first-order valence-corrected chi connectivity index (χ1v) is 9.10. The SMILES string of the molecule is Cn1cncc1COC(=O)N1CCc2ncn(Cc3ccccc3)c(=O)c2C1. The number of aryl methyl sites for hydroxylation is 1. The summed E-state index contributed by atoms with van der Waals surface area (Å²) in [5, 5.41) is 0. The lowest BCUT2D eigenvalue weighted by Crippen LogP contribution is -2.41. The van der Waals surface area contributed by atoms with Gasteiger partial charge in [0, 0.05) is 20.0 Å². The van der Waals surface area contributed by atoms with Gasteiger partial charge < -0.3 is 14.2 Å². The molecule has 4 rings (SSSR count). The number of aromatic nitrogens is 4. The van der Waals surface area contributed by atoms with Crippen molar-refractivity contribution in [2.24, 2.45) is 7.05 Å². The van der Waals surface area contributed by atoms with E-state index in [1.54, 1.807) is 32.9 Å². The summed E-state index contributed by atoms with van der Waals surface area (Å²) in [7, 11) is 1.84. The van der Waals surface area contributed by atoms with Crippen molar-refractivity contribution >= 4 is 6.09 Å². The van der Waals surface area contributed by atoms with Crippen molar-refractivity contribution in [3.05, 3.63) is 82.1 Å². The fraction of sp³-hybridized carbons (Fsp3) is 0.300. The molecule has 0 atom stereocenters. The normalized spacial score (nSPS) is 13.2. The molecule has 3 aromatic rings. The van der Waals surface area contributed by atoms with Crippen LogP contribution in [0.2, 0.25) is 0 Å². The minimum atomic E-state index is -0.440. The maximum Gasteiger partial charge on any atom is 0.410 e. The summed E-state index contributed by atoms with van der Waals surface area (Å²) in [5.41, 5.74) is 3.03. The molecular formula is C20H21N5O3. The maximum absolute atomic E-state index is 12.9. The summed E-state index contributed by atoms with van der Waals surface area (Å²) in [6.45, 7) is 1.28. The Hall–Kier alpha value is -3.42. The van der Waals surface area contributed by atoms with Crippen LogP contribution in [0.25, 0.3) is 0 Å². The zero-order valence-corrected chi connectivity index (χ0v) is 15.6. The van der Waals surface area contributed by atoms with Gasteiger partial charge in [-0.15, -0.1) is 0 Å². The van der Waals surface area contributed by atoms with E-state index < -0.39 is 6.09 Å². The number of imidazole rings is 1. The summed E-state index contributed by atoms with van der Waals surface area (Å²) < 4.78 is 8.76. The number of amides is 1. The second-order valence-electron chi connectivity index (χ2n) is 6.81. The second kappa shape index (κ2) is 7.67. The molecule has 2 aromatic heterocycles. The van der Waals surface area contributed by atoms with Crippen molar-refractivity contribution in [1.29, 1.82) is 0 Å². The predicted molar refractivity (Wildman–Crippen MR) is 102 cm³/mol. The average Bonchev–Trinajstić information content (AvgIpc) is 3.13. The van der Waals surface area contributed by atoms with E-state index in [1.165, 1.54) is 0 Å². The third-order valence-corrected chi connectivity index (χ3v) is 4.90. The number of rotatable bonds is 4. The summed E-state index contributed by atoms with van der Waals surface area (Å²) in [6.07, 6.45) is 5.00. The van der Waals surface area contributed by atoms with Crippen molar-refractivity contribution in [3.8, 4) is 0 Å². The number of carbonyl (C=O) groups is 1. The van der Waals surface area contributed by atoms with Gasteiger partial charge in [0.2, 0.25) is 0 Å². The zero-order chi connectivity index (χ0) is 19.5. The Labute approximate surface area is 162 Å². The molecule has 0 saturated carbocycles. The highest BCUT2D eigenvalue weighted by molar-refractivity contribution is 5.68. The molecule has 0 saturated heterocycles. The number of fused-ring (bicyclic) bond motifs is 1. The van der Waals surface area contributed by atoms with Crippen molar-refractivity contribution in [2.75, 3.05) is 6.54 Å². The van der Waals surface area contributed by atoms with Crippen molar-refractivity contribution in [1.82, 2.24) is 24.0 Å². The zero-order valence-electron chi connectivity index (χ0n) is 15.6.